The molecular formula is C4H4BF3KNOS. The molecule has 0 bridgehead atoms. The van der Waals surface area contributed by atoms with E-state index < -0.39 is 18.3 Å². The minimum Gasteiger partial charge on any atom is -0.448 e. The normalized spacial score (nSPS) is 10.9. The summed E-state index contributed by atoms with van der Waals surface area (Å²) in [5.41, 5.74) is 0. The summed E-state index contributed by atoms with van der Waals surface area (Å²) in [7, 11) is 0. The second-order valence-electron chi connectivity index (χ2n) is 2.03. The van der Waals surface area contributed by atoms with E-state index in [0.29, 0.717) is 4.57 Å². The quantitative estimate of drug-likeness (QED) is 0.545. The Bertz CT molecular complexity index is 295. The average molecular weight is 221 g/mol. The standard InChI is InChI=1S/C4H4BF3NOS.K/c6-5(7,8)3-9-1-2-11-4(9)10;/h1-2H,3H2;/q-1;+1. The van der Waals surface area contributed by atoms with Crippen molar-refractivity contribution >= 4 is 18.3 Å². The minimum atomic E-state index is -4.90. The van der Waals surface area contributed by atoms with Gasteiger partial charge in [-0.25, -0.2) is 0 Å². The van der Waals surface area contributed by atoms with E-state index in [9.17, 15) is 17.7 Å². The molecule has 0 radical (unpaired) electrons. The summed E-state index contributed by atoms with van der Waals surface area (Å²) < 4.78 is 35.8. The molecule has 0 fully saturated rings. The van der Waals surface area contributed by atoms with Crippen molar-refractivity contribution in [1.29, 1.82) is 0 Å². The van der Waals surface area contributed by atoms with Crippen LogP contribution in [-0.2, 0) is 6.44 Å². The van der Waals surface area contributed by atoms with Gasteiger partial charge in [0.15, 0.2) is 0 Å². The predicted octanol–water partition coefficient (Wildman–Crippen LogP) is -1.70. The number of hydrogen-bond donors (Lipinski definition) is 0. The summed E-state index contributed by atoms with van der Waals surface area (Å²) in [5.74, 6) is 0. The monoisotopic (exact) mass is 221 g/mol. The van der Waals surface area contributed by atoms with Gasteiger partial charge < -0.3 is 17.5 Å². The molecule has 0 saturated heterocycles. The third-order valence-electron chi connectivity index (χ3n) is 1.05. The predicted molar refractivity (Wildman–Crippen MR) is 37.7 cm³/mol. The topological polar surface area (TPSA) is 22.0 Å². The molecule has 2 nitrogen and oxygen atoms in total. The SMILES string of the molecule is O=c1sccn1C[B-](F)(F)F.[K+]. The molecule has 12 heavy (non-hydrogen) atoms. The number of aromatic nitrogens is 1. The van der Waals surface area contributed by atoms with E-state index in [2.05, 4.69) is 0 Å². The van der Waals surface area contributed by atoms with Crippen LogP contribution >= 0.6 is 11.3 Å². The van der Waals surface area contributed by atoms with E-state index in [-0.39, 0.29) is 51.4 Å². The Morgan fingerprint density at radius 3 is 2.42 bits per heavy atom. The van der Waals surface area contributed by atoms with E-state index in [0.717, 1.165) is 17.5 Å². The van der Waals surface area contributed by atoms with Crippen molar-refractivity contribution in [3.05, 3.63) is 21.2 Å². The molecule has 1 aromatic rings. The second-order valence-corrected chi connectivity index (χ2v) is 2.89. The van der Waals surface area contributed by atoms with Crippen LogP contribution in [0, 0.1) is 0 Å². The van der Waals surface area contributed by atoms with Gasteiger partial charge in [0.2, 0.25) is 0 Å². The van der Waals surface area contributed by atoms with Crippen LogP contribution in [0.25, 0.3) is 0 Å². The van der Waals surface area contributed by atoms with Crippen molar-refractivity contribution in [3.8, 4) is 0 Å². The van der Waals surface area contributed by atoms with Crippen molar-refractivity contribution in [3.63, 3.8) is 0 Å². The molecule has 0 spiro atoms. The maximum absolute atomic E-state index is 11.7. The van der Waals surface area contributed by atoms with Crippen LogP contribution in [0.4, 0.5) is 12.9 Å². The van der Waals surface area contributed by atoms with E-state index >= 15 is 0 Å². The number of hydrogen-bond acceptors (Lipinski definition) is 2. The molecule has 1 rings (SSSR count). The molecule has 0 aliphatic carbocycles. The Morgan fingerprint density at radius 1 is 1.50 bits per heavy atom. The van der Waals surface area contributed by atoms with Gasteiger partial charge in [-0.1, -0.05) is 11.3 Å². The summed E-state index contributed by atoms with van der Waals surface area (Å²) >= 11 is 0.762. The number of nitrogens with zero attached hydrogens (tertiary/aromatic N) is 1. The molecule has 0 N–H and O–H groups in total. The zero-order valence-electron chi connectivity index (χ0n) is 6.34. The fraction of sp³-hybridized carbons (Fsp3) is 0.250. The number of halogens is 3. The molecular weight excluding hydrogens is 217 g/mol. The van der Waals surface area contributed by atoms with Crippen LogP contribution in [0.3, 0.4) is 0 Å². The number of thiazole rings is 1. The zero-order chi connectivity index (χ0) is 8.48. The van der Waals surface area contributed by atoms with Crippen molar-refractivity contribution in [2.75, 3.05) is 0 Å². The third-order valence-corrected chi connectivity index (χ3v) is 1.74. The molecule has 1 aromatic heterocycles. The summed E-state index contributed by atoms with van der Waals surface area (Å²) in [6.07, 6.45) is 0.00454. The van der Waals surface area contributed by atoms with Crippen molar-refractivity contribution < 1.29 is 64.3 Å². The molecule has 0 aromatic carbocycles. The van der Waals surface area contributed by atoms with Crippen LogP contribution in [0.1, 0.15) is 0 Å². The maximum Gasteiger partial charge on any atom is 1.00 e. The minimum absolute atomic E-state index is 0. The van der Waals surface area contributed by atoms with Gasteiger partial charge in [0.1, 0.15) is 0 Å². The van der Waals surface area contributed by atoms with Gasteiger partial charge in [0, 0.05) is 11.6 Å². The fourth-order valence-electron chi connectivity index (χ4n) is 0.649. The van der Waals surface area contributed by atoms with Crippen LogP contribution in [0.5, 0.6) is 0 Å². The molecule has 1 heterocycles. The third kappa shape index (κ3) is 4.24. The molecule has 0 atom stereocenters. The van der Waals surface area contributed by atoms with Crippen LogP contribution in [0.2, 0.25) is 0 Å². The molecule has 62 valence electrons. The van der Waals surface area contributed by atoms with Gasteiger partial charge in [-0.3, -0.25) is 4.79 Å². The molecule has 0 aliphatic heterocycles. The van der Waals surface area contributed by atoms with Crippen LogP contribution in [0.15, 0.2) is 16.4 Å². The van der Waals surface area contributed by atoms with Crippen molar-refractivity contribution in [1.82, 2.24) is 4.57 Å². The Kier molecular flexibility index (Phi) is 5.35. The Labute approximate surface area is 113 Å². The average Bonchev–Trinajstić information content (AvgIpc) is 2.12. The second kappa shape index (κ2) is 4.97. The first-order chi connectivity index (χ1) is 4.99. The zero-order valence-corrected chi connectivity index (χ0v) is 10.3. The Morgan fingerprint density at radius 2 is 2.08 bits per heavy atom. The van der Waals surface area contributed by atoms with Crippen LogP contribution in [-0.4, -0.2) is 11.5 Å². The smallest absolute Gasteiger partial charge is 0.448 e. The number of rotatable bonds is 2. The van der Waals surface area contributed by atoms with Crippen molar-refractivity contribution in [2.45, 2.75) is 6.44 Å². The fourth-order valence-corrected chi connectivity index (χ4v) is 1.24. The Balaban J connectivity index is 0.00000121. The summed E-state index contributed by atoms with van der Waals surface area (Å²) in [4.78, 5) is 10.0. The maximum atomic E-state index is 11.7. The van der Waals surface area contributed by atoms with Gasteiger partial charge in [-0.05, 0) is 6.44 Å². The molecule has 8 heteroatoms. The van der Waals surface area contributed by atoms with E-state index in [1.54, 1.807) is 0 Å². The van der Waals surface area contributed by atoms with Gasteiger partial charge in [0.05, 0.1) is 0 Å². The first-order valence-corrected chi connectivity index (χ1v) is 3.72. The van der Waals surface area contributed by atoms with E-state index in [1.165, 1.54) is 5.38 Å². The molecule has 0 amide bonds. The molecule has 0 saturated carbocycles. The largest absolute Gasteiger partial charge is 1.00 e. The van der Waals surface area contributed by atoms with Crippen LogP contribution < -0.4 is 56.3 Å². The first-order valence-electron chi connectivity index (χ1n) is 2.84. The first kappa shape index (κ1) is 12.9. The van der Waals surface area contributed by atoms with E-state index in [4.69, 9.17) is 0 Å². The Hall–Kier alpha value is 0.921. The van der Waals surface area contributed by atoms with Gasteiger partial charge in [0.25, 0.3) is 0 Å². The summed E-state index contributed by atoms with van der Waals surface area (Å²) in [6.45, 7) is -4.90. The summed E-state index contributed by atoms with van der Waals surface area (Å²) in [6, 6.07) is 0. The molecule has 0 unspecified atom stereocenters. The molecule has 0 aliphatic rings. The summed E-state index contributed by atoms with van der Waals surface area (Å²) in [5, 5.41) is 1.34. The van der Waals surface area contributed by atoms with Gasteiger partial charge in [-0.2, -0.15) is 0 Å². The van der Waals surface area contributed by atoms with Gasteiger partial charge in [-0.15, -0.1) is 0 Å². The van der Waals surface area contributed by atoms with Gasteiger partial charge >= 0.3 is 63.2 Å². The van der Waals surface area contributed by atoms with Crippen molar-refractivity contribution in [2.24, 2.45) is 0 Å². The van der Waals surface area contributed by atoms with E-state index in [1.807, 2.05) is 0 Å².